The molecule has 2 aromatic rings. The number of pyridine rings is 1. The Morgan fingerprint density at radius 3 is 2.91 bits per heavy atom. The highest BCUT2D eigenvalue weighted by molar-refractivity contribution is 8.01. The van der Waals surface area contributed by atoms with Gasteiger partial charge in [-0.2, -0.15) is 0 Å². The first kappa shape index (κ1) is 14.6. The maximum Gasteiger partial charge on any atom is 0.238 e. The number of thioether (sulfide) groups is 1. The first-order valence-corrected chi connectivity index (χ1v) is 7.80. The van der Waals surface area contributed by atoms with Crippen molar-refractivity contribution in [3.63, 3.8) is 0 Å². The fourth-order valence-electron chi connectivity index (χ4n) is 2.20. The lowest BCUT2D eigenvalue weighted by Gasteiger charge is -2.23. The smallest absolute Gasteiger partial charge is 0.238 e. The molecule has 1 atom stereocenters. The lowest BCUT2D eigenvalue weighted by Crippen LogP contribution is -2.32. The monoisotopic (exact) mass is 313 g/mol. The number of para-hydroxylation sites is 1. The number of carbonyl (C=O) groups excluding carboxylic acids is 2. The number of amides is 2. The standard InChI is InChI=1S/C16H15N3O2S/c1-10-5-4-8-14(17-10)19-15(20)9-13-16(21)18-11-6-2-3-7-12(11)22-13/h2-8,13H,9H2,1H3,(H,18,21)(H,17,19,20). The number of carbonyl (C=O) groups is 2. The Morgan fingerprint density at radius 2 is 2.09 bits per heavy atom. The number of anilines is 2. The van der Waals surface area contributed by atoms with E-state index in [1.807, 2.05) is 43.3 Å². The molecule has 0 radical (unpaired) electrons. The SMILES string of the molecule is Cc1cccc(NC(=O)CC2Sc3ccccc3NC2=O)n1. The van der Waals surface area contributed by atoms with Crippen LogP contribution >= 0.6 is 11.8 Å². The minimum Gasteiger partial charge on any atom is -0.324 e. The van der Waals surface area contributed by atoms with E-state index >= 15 is 0 Å². The number of hydrogen-bond acceptors (Lipinski definition) is 4. The zero-order valence-electron chi connectivity index (χ0n) is 12.0. The molecule has 22 heavy (non-hydrogen) atoms. The molecule has 3 rings (SSSR count). The van der Waals surface area contributed by atoms with Gasteiger partial charge in [-0.3, -0.25) is 9.59 Å². The van der Waals surface area contributed by atoms with Crippen molar-refractivity contribution in [2.45, 2.75) is 23.5 Å². The molecule has 112 valence electrons. The summed E-state index contributed by atoms with van der Waals surface area (Å²) in [6, 6.07) is 13.0. The molecule has 2 heterocycles. The van der Waals surface area contributed by atoms with E-state index in [2.05, 4.69) is 15.6 Å². The zero-order valence-corrected chi connectivity index (χ0v) is 12.8. The third-order valence-electron chi connectivity index (χ3n) is 3.23. The molecule has 1 aromatic heterocycles. The number of benzene rings is 1. The van der Waals surface area contributed by atoms with E-state index in [1.165, 1.54) is 11.8 Å². The molecule has 1 aliphatic heterocycles. The van der Waals surface area contributed by atoms with Crippen LogP contribution in [0.1, 0.15) is 12.1 Å². The highest BCUT2D eigenvalue weighted by Crippen LogP contribution is 2.36. The van der Waals surface area contributed by atoms with Gasteiger partial charge in [0.05, 0.1) is 10.9 Å². The van der Waals surface area contributed by atoms with Gasteiger partial charge in [-0.15, -0.1) is 11.8 Å². The molecule has 1 aromatic carbocycles. The van der Waals surface area contributed by atoms with Crippen molar-refractivity contribution < 1.29 is 9.59 Å². The summed E-state index contributed by atoms with van der Waals surface area (Å²) in [6.45, 7) is 1.86. The summed E-state index contributed by atoms with van der Waals surface area (Å²) in [7, 11) is 0. The topological polar surface area (TPSA) is 71.1 Å². The normalized spacial score (nSPS) is 16.6. The molecule has 6 heteroatoms. The summed E-state index contributed by atoms with van der Waals surface area (Å²) in [5.74, 6) is 0.146. The molecule has 0 fully saturated rings. The van der Waals surface area contributed by atoms with E-state index in [1.54, 1.807) is 6.07 Å². The van der Waals surface area contributed by atoms with Gasteiger partial charge in [0.15, 0.2) is 0 Å². The fourth-order valence-corrected chi connectivity index (χ4v) is 3.31. The summed E-state index contributed by atoms with van der Waals surface area (Å²) in [5, 5.41) is 5.13. The molecule has 0 bridgehead atoms. The number of rotatable bonds is 3. The molecule has 1 unspecified atom stereocenters. The van der Waals surface area contributed by atoms with E-state index in [4.69, 9.17) is 0 Å². The predicted molar refractivity (Wildman–Crippen MR) is 86.9 cm³/mol. The number of aromatic nitrogens is 1. The predicted octanol–water partition coefficient (Wildman–Crippen LogP) is 2.83. The molecule has 2 N–H and O–H groups in total. The lowest BCUT2D eigenvalue weighted by atomic mass is 10.2. The highest BCUT2D eigenvalue weighted by atomic mass is 32.2. The van der Waals surface area contributed by atoms with Crippen molar-refractivity contribution in [3.8, 4) is 0 Å². The van der Waals surface area contributed by atoms with Crippen LogP contribution in [0.2, 0.25) is 0 Å². The van der Waals surface area contributed by atoms with Crippen molar-refractivity contribution in [3.05, 3.63) is 48.2 Å². The van der Waals surface area contributed by atoms with E-state index in [0.717, 1.165) is 16.3 Å². The van der Waals surface area contributed by atoms with Crippen LogP contribution in [0.15, 0.2) is 47.4 Å². The number of aryl methyl sites for hydroxylation is 1. The van der Waals surface area contributed by atoms with Crippen LogP contribution in [0.3, 0.4) is 0 Å². The Hall–Kier alpha value is -2.34. The maximum absolute atomic E-state index is 12.1. The second kappa shape index (κ2) is 6.19. The minimum absolute atomic E-state index is 0.112. The van der Waals surface area contributed by atoms with Crippen molar-refractivity contribution in [1.82, 2.24) is 4.98 Å². The summed E-state index contributed by atoms with van der Waals surface area (Å²) in [5.41, 5.74) is 1.63. The van der Waals surface area contributed by atoms with Crippen molar-refractivity contribution >= 4 is 35.1 Å². The largest absolute Gasteiger partial charge is 0.324 e. The maximum atomic E-state index is 12.1. The highest BCUT2D eigenvalue weighted by Gasteiger charge is 2.28. The molecular formula is C16H15N3O2S. The Labute approximate surface area is 132 Å². The number of fused-ring (bicyclic) bond motifs is 1. The van der Waals surface area contributed by atoms with Gasteiger partial charge in [0, 0.05) is 17.0 Å². The van der Waals surface area contributed by atoms with Crippen LogP contribution in [-0.4, -0.2) is 22.0 Å². The average molecular weight is 313 g/mol. The van der Waals surface area contributed by atoms with Gasteiger partial charge in [0.25, 0.3) is 0 Å². The fraction of sp³-hybridized carbons (Fsp3) is 0.188. The summed E-state index contributed by atoms with van der Waals surface area (Å²) in [4.78, 5) is 29.4. The van der Waals surface area contributed by atoms with Gasteiger partial charge in [-0.25, -0.2) is 4.98 Å². The Kier molecular flexibility index (Phi) is 4.11. The second-order valence-electron chi connectivity index (χ2n) is 5.01. The molecule has 0 aliphatic carbocycles. The molecule has 1 aliphatic rings. The molecule has 5 nitrogen and oxygen atoms in total. The van der Waals surface area contributed by atoms with Gasteiger partial charge in [0.1, 0.15) is 5.82 Å². The second-order valence-corrected chi connectivity index (χ2v) is 6.25. The van der Waals surface area contributed by atoms with Crippen LogP contribution in [0.5, 0.6) is 0 Å². The number of nitrogens with one attached hydrogen (secondary N) is 2. The van der Waals surface area contributed by atoms with E-state index in [-0.39, 0.29) is 18.2 Å². The quantitative estimate of drug-likeness (QED) is 0.914. The third kappa shape index (κ3) is 3.28. The van der Waals surface area contributed by atoms with Crippen LogP contribution < -0.4 is 10.6 Å². The van der Waals surface area contributed by atoms with Gasteiger partial charge in [-0.1, -0.05) is 18.2 Å². The van der Waals surface area contributed by atoms with Crippen LogP contribution in [-0.2, 0) is 9.59 Å². The first-order chi connectivity index (χ1) is 10.6. The van der Waals surface area contributed by atoms with Crippen LogP contribution in [0, 0.1) is 6.92 Å². The van der Waals surface area contributed by atoms with Crippen LogP contribution in [0.25, 0.3) is 0 Å². The molecule has 0 saturated carbocycles. The van der Waals surface area contributed by atoms with E-state index < -0.39 is 5.25 Å². The van der Waals surface area contributed by atoms with Crippen LogP contribution in [0.4, 0.5) is 11.5 Å². The third-order valence-corrected chi connectivity index (χ3v) is 4.51. The number of nitrogens with zero attached hydrogens (tertiary/aromatic N) is 1. The van der Waals surface area contributed by atoms with Gasteiger partial charge >= 0.3 is 0 Å². The van der Waals surface area contributed by atoms with Crippen molar-refractivity contribution in [2.24, 2.45) is 0 Å². The summed E-state index contributed by atoms with van der Waals surface area (Å²) >= 11 is 1.41. The van der Waals surface area contributed by atoms with Crippen molar-refractivity contribution in [1.29, 1.82) is 0 Å². The van der Waals surface area contributed by atoms with E-state index in [9.17, 15) is 9.59 Å². The summed E-state index contributed by atoms with van der Waals surface area (Å²) < 4.78 is 0. The Balaban J connectivity index is 1.66. The number of hydrogen-bond donors (Lipinski definition) is 2. The molecule has 0 saturated heterocycles. The lowest BCUT2D eigenvalue weighted by molar-refractivity contribution is -0.120. The van der Waals surface area contributed by atoms with Gasteiger partial charge in [-0.05, 0) is 31.2 Å². The zero-order chi connectivity index (χ0) is 15.5. The average Bonchev–Trinajstić information content (AvgIpc) is 2.48. The molecular weight excluding hydrogens is 298 g/mol. The van der Waals surface area contributed by atoms with Gasteiger partial charge in [0.2, 0.25) is 11.8 Å². The first-order valence-electron chi connectivity index (χ1n) is 6.92. The Bertz CT molecular complexity index is 733. The van der Waals surface area contributed by atoms with E-state index in [0.29, 0.717) is 5.82 Å². The summed E-state index contributed by atoms with van der Waals surface area (Å²) in [6.07, 6.45) is 0.112. The van der Waals surface area contributed by atoms with Crippen molar-refractivity contribution in [2.75, 3.05) is 10.6 Å². The molecule has 0 spiro atoms. The minimum atomic E-state index is -0.431. The Morgan fingerprint density at radius 1 is 1.27 bits per heavy atom. The van der Waals surface area contributed by atoms with Gasteiger partial charge < -0.3 is 10.6 Å². The molecule has 2 amide bonds.